The summed E-state index contributed by atoms with van der Waals surface area (Å²) in [5.41, 5.74) is 5.59. The van der Waals surface area contributed by atoms with E-state index in [1.807, 2.05) is 60.7 Å². The highest BCUT2D eigenvalue weighted by molar-refractivity contribution is 6.32. The molecule has 29 heavy (non-hydrogen) atoms. The van der Waals surface area contributed by atoms with E-state index >= 15 is 0 Å². The minimum atomic E-state index is 0.712. The van der Waals surface area contributed by atoms with Gasteiger partial charge in [-0.1, -0.05) is 96.5 Å². The standard InChI is InChI=1S/C26H17BN2/c27-23-14-12-20(13-15-23)25-17-24(19-7-2-1-3-8-19)28-26(29-25)22-11-10-18-6-4-5-9-21(18)16-22/h1-17H. The average molecular weight is 368 g/mol. The molecule has 2 nitrogen and oxygen atoms in total. The molecule has 1 heterocycles. The van der Waals surface area contributed by atoms with Crippen molar-refractivity contribution in [2.24, 2.45) is 0 Å². The van der Waals surface area contributed by atoms with E-state index in [4.69, 9.17) is 17.8 Å². The van der Waals surface area contributed by atoms with Crippen molar-refractivity contribution < 1.29 is 0 Å². The zero-order valence-corrected chi connectivity index (χ0v) is 15.8. The molecule has 3 heteroatoms. The first-order chi connectivity index (χ1) is 14.3. The first-order valence-corrected chi connectivity index (χ1v) is 9.56. The second kappa shape index (κ2) is 7.36. The number of rotatable bonds is 3. The zero-order chi connectivity index (χ0) is 19.6. The van der Waals surface area contributed by atoms with Gasteiger partial charge in [0.1, 0.15) is 7.85 Å². The minimum absolute atomic E-state index is 0.712. The SMILES string of the molecule is [B]c1ccc(-c2cc(-c3ccccc3)nc(-c3ccc4ccccc4c3)n2)cc1. The topological polar surface area (TPSA) is 25.8 Å². The third kappa shape index (κ3) is 3.55. The van der Waals surface area contributed by atoms with E-state index in [2.05, 4.69) is 42.5 Å². The lowest BCUT2D eigenvalue weighted by molar-refractivity contribution is 1.18. The van der Waals surface area contributed by atoms with Gasteiger partial charge in [-0.2, -0.15) is 0 Å². The van der Waals surface area contributed by atoms with Gasteiger partial charge in [-0.25, -0.2) is 9.97 Å². The summed E-state index contributed by atoms with van der Waals surface area (Å²) in [6.07, 6.45) is 0. The molecule has 0 aliphatic carbocycles. The number of fused-ring (bicyclic) bond motifs is 1. The summed E-state index contributed by atoms with van der Waals surface area (Å²) in [6, 6.07) is 34.7. The quantitative estimate of drug-likeness (QED) is 0.397. The fourth-order valence-corrected chi connectivity index (χ4v) is 3.46. The van der Waals surface area contributed by atoms with Gasteiger partial charge >= 0.3 is 0 Å². The van der Waals surface area contributed by atoms with Crippen LogP contribution in [0.2, 0.25) is 0 Å². The number of hydrogen-bond acceptors (Lipinski definition) is 2. The largest absolute Gasteiger partial charge is 0.228 e. The monoisotopic (exact) mass is 368 g/mol. The Morgan fingerprint density at radius 1 is 0.483 bits per heavy atom. The van der Waals surface area contributed by atoms with Crippen molar-refractivity contribution in [3.8, 4) is 33.9 Å². The van der Waals surface area contributed by atoms with Crippen LogP contribution in [-0.2, 0) is 0 Å². The van der Waals surface area contributed by atoms with Crippen LogP contribution < -0.4 is 5.46 Å². The number of hydrogen-bond donors (Lipinski definition) is 0. The van der Waals surface area contributed by atoms with Gasteiger partial charge in [0.05, 0.1) is 11.4 Å². The Morgan fingerprint density at radius 2 is 1.07 bits per heavy atom. The molecule has 0 aliphatic heterocycles. The van der Waals surface area contributed by atoms with E-state index in [0.717, 1.165) is 33.5 Å². The van der Waals surface area contributed by atoms with Crippen molar-refractivity contribution >= 4 is 24.1 Å². The fourth-order valence-electron chi connectivity index (χ4n) is 3.46. The summed E-state index contributed by atoms with van der Waals surface area (Å²) in [5.74, 6) is 0.712. The van der Waals surface area contributed by atoms with Crippen molar-refractivity contribution in [3.05, 3.63) is 103 Å². The van der Waals surface area contributed by atoms with Gasteiger partial charge in [0, 0.05) is 16.7 Å². The maximum atomic E-state index is 5.87. The molecule has 5 rings (SSSR count). The highest BCUT2D eigenvalue weighted by atomic mass is 14.9. The third-order valence-corrected chi connectivity index (χ3v) is 5.01. The first-order valence-electron chi connectivity index (χ1n) is 9.56. The molecular formula is C26H17BN2. The zero-order valence-electron chi connectivity index (χ0n) is 15.8. The molecule has 134 valence electrons. The van der Waals surface area contributed by atoms with Crippen molar-refractivity contribution in [1.82, 2.24) is 9.97 Å². The van der Waals surface area contributed by atoms with E-state index in [1.54, 1.807) is 0 Å². The van der Waals surface area contributed by atoms with E-state index in [9.17, 15) is 0 Å². The highest BCUT2D eigenvalue weighted by Gasteiger charge is 2.11. The molecule has 0 aliphatic rings. The van der Waals surface area contributed by atoms with Crippen LogP contribution in [0.1, 0.15) is 0 Å². The Hall–Kier alpha value is -3.72. The van der Waals surface area contributed by atoms with Crippen LogP contribution >= 0.6 is 0 Å². The van der Waals surface area contributed by atoms with Crippen LogP contribution in [0.5, 0.6) is 0 Å². The van der Waals surface area contributed by atoms with Crippen molar-refractivity contribution in [2.45, 2.75) is 0 Å². The van der Waals surface area contributed by atoms with Crippen LogP contribution in [0.15, 0.2) is 103 Å². The van der Waals surface area contributed by atoms with Gasteiger partial charge in [0.2, 0.25) is 0 Å². The Bertz CT molecular complexity index is 1300. The molecule has 0 N–H and O–H groups in total. The van der Waals surface area contributed by atoms with Crippen LogP contribution in [0.25, 0.3) is 44.7 Å². The lowest BCUT2D eigenvalue weighted by Crippen LogP contribution is -2.00. The van der Waals surface area contributed by atoms with E-state index in [1.165, 1.54) is 10.8 Å². The average Bonchev–Trinajstić information content (AvgIpc) is 2.79. The highest BCUT2D eigenvalue weighted by Crippen LogP contribution is 2.28. The lowest BCUT2D eigenvalue weighted by Gasteiger charge is -2.10. The maximum absolute atomic E-state index is 5.87. The third-order valence-electron chi connectivity index (χ3n) is 5.01. The van der Waals surface area contributed by atoms with Crippen molar-refractivity contribution in [3.63, 3.8) is 0 Å². The molecule has 0 saturated heterocycles. The van der Waals surface area contributed by atoms with E-state index < -0.39 is 0 Å². The van der Waals surface area contributed by atoms with E-state index in [-0.39, 0.29) is 0 Å². The molecule has 0 spiro atoms. The summed E-state index contributed by atoms with van der Waals surface area (Å²) >= 11 is 0. The van der Waals surface area contributed by atoms with Crippen LogP contribution in [0.3, 0.4) is 0 Å². The van der Waals surface area contributed by atoms with Gasteiger partial charge in [0.15, 0.2) is 5.82 Å². The summed E-state index contributed by atoms with van der Waals surface area (Å²) in [7, 11) is 5.87. The molecule has 4 aromatic carbocycles. The van der Waals surface area contributed by atoms with Gasteiger partial charge < -0.3 is 0 Å². The summed E-state index contributed by atoms with van der Waals surface area (Å²) in [6.45, 7) is 0. The smallest absolute Gasteiger partial charge is 0.160 e. The molecule has 0 saturated carbocycles. The molecule has 0 amide bonds. The lowest BCUT2D eigenvalue weighted by atomic mass is 9.94. The Labute approximate surface area is 171 Å². The second-order valence-corrected chi connectivity index (χ2v) is 7.01. The Balaban J connectivity index is 1.71. The Morgan fingerprint density at radius 3 is 1.79 bits per heavy atom. The summed E-state index contributed by atoms with van der Waals surface area (Å²) < 4.78 is 0. The van der Waals surface area contributed by atoms with E-state index in [0.29, 0.717) is 5.82 Å². The maximum Gasteiger partial charge on any atom is 0.160 e. The molecule has 2 radical (unpaired) electrons. The van der Waals surface area contributed by atoms with Gasteiger partial charge in [-0.15, -0.1) is 0 Å². The predicted octanol–water partition coefficient (Wildman–Crippen LogP) is 5.42. The molecule has 0 unspecified atom stereocenters. The van der Waals surface area contributed by atoms with Crippen molar-refractivity contribution in [2.75, 3.05) is 0 Å². The number of nitrogens with zero attached hydrogens (tertiary/aromatic N) is 2. The molecule has 5 aromatic rings. The molecule has 0 bridgehead atoms. The molecule has 0 atom stereocenters. The first kappa shape index (κ1) is 17.4. The van der Waals surface area contributed by atoms with Crippen LogP contribution in [0.4, 0.5) is 0 Å². The molecule has 1 aromatic heterocycles. The Kier molecular flexibility index (Phi) is 4.42. The van der Waals surface area contributed by atoms with Gasteiger partial charge in [-0.05, 0) is 22.9 Å². The van der Waals surface area contributed by atoms with Crippen LogP contribution in [-0.4, -0.2) is 17.8 Å². The fraction of sp³-hybridized carbons (Fsp3) is 0. The summed E-state index contributed by atoms with van der Waals surface area (Å²) in [4.78, 5) is 9.77. The van der Waals surface area contributed by atoms with Gasteiger partial charge in [0.25, 0.3) is 0 Å². The number of benzene rings is 4. The second-order valence-electron chi connectivity index (χ2n) is 7.01. The van der Waals surface area contributed by atoms with Gasteiger partial charge in [-0.3, -0.25) is 0 Å². The van der Waals surface area contributed by atoms with Crippen molar-refractivity contribution in [1.29, 1.82) is 0 Å². The molecule has 0 fully saturated rings. The normalized spacial score (nSPS) is 10.9. The number of aromatic nitrogens is 2. The molecular weight excluding hydrogens is 351 g/mol. The minimum Gasteiger partial charge on any atom is -0.228 e. The van der Waals surface area contributed by atoms with Crippen LogP contribution in [0, 0.1) is 0 Å². The summed E-state index contributed by atoms with van der Waals surface area (Å²) in [5, 5.41) is 2.38. The predicted molar refractivity (Wildman–Crippen MR) is 121 cm³/mol.